The fraction of sp³-hybridized carbons (Fsp3) is 0.261. The summed E-state index contributed by atoms with van der Waals surface area (Å²) in [4.78, 5) is 14.0. The maximum absolute atomic E-state index is 12.8. The first-order chi connectivity index (χ1) is 13.6. The molecule has 146 valence electrons. The van der Waals surface area contributed by atoms with Crippen LogP contribution in [-0.4, -0.2) is 19.1 Å². The van der Waals surface area contributed by atoms with Crippen LogP contribution >= 0.6 is 11.3 Å². The monoisotopic (exact) mass is 394 g/mol. The summed E-state index contributed by atoms with van der Waals surface area (Å²) < 4.78 is 5.32. The molecule has 2 atom stereocenters. The average Bonchev–Trinajstić information content (AvgIpc) is 3.27. The van der Waals surface area contributed by atoms with Gasteiger partial charge in [-0.25, -0.2) is 0 Å². The Morgan fingerprint density at radius 3 is 2.46 bits per heavy atom. The Hall–Kier alpha value is -2.63. The van der Waals surface area contributed by atoms with Gasteiger partial charge in [-0.15, -0.1) is 11.3 Å². The lowest BCUT2D eigenvalue weighted by molar-refractivity contribution is -0.117. The van der Waals surface area contributed by atoms with Crippen LogP contribution in [0.1, 0.15) is 35.9 Å². The topological polar surface area (TPSA) is 50.4 Å². The van der Waals surface area contributed by atoms with Crippen molar-refractivity contribution < 1.29 is 9.53 Å². The molecule has 2 N–H and O–H groups in total. The Balaban J connectivity index is 1.77. The number of carbonyl (C=O) groups excluding carboxylic acids is 1. The van der Waals surface area contributed by atoms with E-state index in [-0.39, 0.29) is 18.0 Å². The highest BCUT2D eigenvalue weighted by Gasteiger charge is 2.22. The van der Waals surface area contributed by atoms with Gasteiger partial charge in [0.2, 0.25) is 5.91 Å². The van der Waals surface area contributed by atoms with E-state index in [0.717, 1.165) is 12.0 Å². The van der Waals surface area contributed by atoms with E-state index in [2.05, 4.69) is 53.3 Å². The number of amides is 1. The molecule has 0 aliphatic rings. The minimum Gasteiger partial charge on any atom is -0.495 e. The molecule has 5 heteroatoms. The molecule has 0 saturated carbocycles. The zero-order valence-electron chi connectivity index (χ0n) is 16.4. The number of nitrogens with one attached hydrogen (secondary N) is 2. The number of hydrogen-bond donors (Lipinski definition) is 2. The molecular formula is C23H26N2O2S. The minimum absolute atomic E-state index is 0.0377. The van der Waals surface area contributed by atoms with E-state index in [1.165, 1.54) is 10.4 Å². The smallest absolute Gasteiger partial charge is 0.241 e. The van der Waals surface area contributed by atoms with Crippen LogP contribution in [0.15, 0.2) is 66.0 Å². The highest BCUT2D eigenvalue weighted by atomic mass is 32.1. The van der Waals surface area contributed by atoms with Crippen LogP contribution in [0, 0.1) is 0 Å². The number of benzene rings is 2. The molecule has 0 saturated heterocycles. The summed E-state index contributed by atoms with van der Waals surface area (Å²) in [7, 11) is 1.60. The molecule has 0 aliphatic carbocycles. The number of carbonyl (C=O) groups is 1. The lowest BCUT2D eigenvalue weighted by Gasteiger charge is -2.23. The van der Waals surface area contributed by atoms with Crippen molar-refractivity contribution in [3.63, 3.8) is 0 Å². The summed E-state index contributed by atoms with van der Waals surface area (Å²) >= 11 is 1.69. The van der Waals surface area contributed by atoms with E-state index in [1.807, 2.05) is 37.3 Å². The van der Waals surface area contributed by atoms with E-state index in [1.54, 1.807) is 18.4 Å². The number of ether oxygens (including phenoxy) is 1. The fourth-order valence-corrected chi connectivity index (χ4v) is 3.87. The maximum Gasteiger partial charge on any atom is 0.241 e. The van der Waals surface area contributed by atoms with Crippen LogP contribution < -0.4 is 15.4 Å². The summed E-state index contributed by atoms with van der Waals surface area (Å²) in [5, 5.41) is 8.51. The average molecular weight is 395 g/mol. The summed E-state index contributed by atoms with van der Waals surface area (Å²) in [5.41, 5.74) is 3.12. The van der Waals surface area contributed by atoms with Gasteiger partial charge < -0.3 is 10.1 Å². The van der Waals surface area contributed by atoms with E-state index in [9.17, 15) is 4.79 Å². The molecule has 1 amide bonds. The first kappa shape index (κ1) is 20.1. The summed E-state index contributed by atoms with van der Waals surface area (Å²) in [6, 6.07) is 19.7. The number of rotatable bonds is 8. The van der Waals surface area contributed by atoms with Crippen LogP contribution in [-0.2, 0) is 11.2 Å². The number of para-hydroxylation sites is 2. The van der Waals surface area contributed by atoms with Gasteiger partial charge in [-0.05, 0) is 48.1 Å². The highest BCUT2D eigenvalue weighted by Crippen LogP contribution is 2.28. The molecule has 0 unspecified atom stereocenters. The van der Waals surface area contributed by atoms with Crippen LogP contribution in [0.25, 0.3) is 0 Å². The lowest BCUT2D eigenvalue weighted by Crippen LogP contribution is -2.40. The van der Waals surface area contributed by atoms with Crippen molar-refractivity contribution in [1.82, 2.24) is 5.32 Å². The van der Waals surface area contributed by atoms with Crippen LogP contribution in [0.4, 0.5) is 5.69 Å². The third-order valence-corrected chi connectivity index (χ3v) is 5.66. The number of aryl methyl sites for hydroxylation is 1. The van der Waals surface area contributed by atoms with Gasteiger partial charge in [-0.3, -0.25) is 10.1 Å². The normalized spacial score (nSPS) is 13.0. The SMILES string of the molecule is CCc1ccc([C@H](N[C@@H](C)C(=O)Nc2ccccc2OC)c2cccs2)cc1. The Morgan fingerprint density at radius 2 is 1.82 bits per heavy atom. The molecule has 0 bridgehead atoms. The van der Waals surface area contributed by atoms with Crippen molar-refractivity contribution in [3.8, 4) is 5.75 Å². The van der Waals surface area contributed by atoms with Gasteiger partial charge in [0.15, 0.2) is 0 Å². The fourth-order valence-electron chi connectivity index (χ4n) is 3.06. The van der Waals surface area contributed by atoms with Gasteiger partial charge in [-0.1, -0.05) is 49.4 Å². The zero-order valence-corrected chi connectivity index (χ0v) is 17.3. The molecule has 0 aliphatic heterocycles. The van der Waals surface area contributed by atoms with Gasteiger partial charge in [0.05, 0.1) is 24.9 Å². The summed E-state index contributed by atoms with van der Waals surface area (Å²) in [6.45, 7) is 4.03. The summed E-state index contributed by atoms with van der Waals surface area (Å²) in [5.74, 6) is 0.546. The van der Waals surface area contributed by atoms with Crippen molar-refractivity contribution in [2.45, 2.75) is 32.4 Å². The largest absolute Gasteiger partial charge is 0.495 e. The first-order valence-corrected chi connectivity index (χ1v) is 10.3. The van der Waals surface area contributed by atoms with Gasteiger partial charge in [-0.2, -0.15) is 0 Å². The molecule has 0 fully saturated rings. The van der Waals surface area contributed by atoms with Gasteiger partial charge in [0.25, 0.3) is 0 Å². The van der Waals surface area contributed by atoms with Gasteiger partial charge in [0, 0.05) is 4.88 Å². The molecule has 1 heterocycles. The van der Waals surface area contributed by atoms with E-state index >= 15 is 0 Å². The minimum atomic E-state index is -0.386. The second-order valence-electron chi connectivity index (χ2n) is 6.62. The number of hydrogen-bond acceptors (Lipinski definition) is 4. The van der Waals surface area contributed by atoms with Crippen molar-refractivity contribution in [3.05, 3.63) is 82.0 Å². The molecule has 3 rings (SSSR count). The molecule has 2 aromatic carbocycles. The number of thiophene rings is 1. The Labute approximate surface area is 170 Å². The van der Waals surface area contributed by atoms with Gasteiger partial charge >= 0.3 is 0 Å². The Kier molecular flexibility index (Phi) is 6.85. The third-order valence-electron chi connectivity index (χ3n) is 4.72. The maximum atomic E-state index is 12.8. The lowest BCUT2D eigenvalue weighted by atomic mass is 10.0. The predicted octanol–water partition coefficient (Wildman–Crippen LogP) is 5.03. The van der Waals surface area contributed by atoms with Crippen LogP contribution in [0.3, 0.4) is 0 Å². The molecule has 0 spiro atoms. The van der Waals surface area contributed by atoms with E-state index in [0.29, 0.717) is 11.4 Å². The van der Waals surface area contributed by atoms with Crippen molar-refractivity contribution in [2.75, 3.05) is 12.4 Å². The van der Waals surface area contributed by atoms with Crippen LogP contribution in [0.2, 0.25) is 0 Å². The standard InChI is InChI=1S/C23H26N2O2S/c1-4-17-11-13-18(14-12-17)22(21-10-7-15-28-21)24-16(2)23(26)25-19-8-5-6-9-20(19)27-3/h5-16,22,24H,4H2,1-3H3,(H,25,26)/t16-,22-/m0/s1. The van der Waals surface area contributed by atoms with Crippen molar-refractivity contribution in [1.29, 1.82) is 0 Å². The molecule has 0 radical (unpaired) electrons. The van der Waals surface area contributed by atoms with E-state index in [4.69, 9.17) is 4.74 Å². The molecular weight excluding hydrogens is 368 g/mol. The predicted molar refractivity (Wildman–Crippen MR) is 116 cm³/mol. The molecule has 28 heavy (non-hydrogen) atoms. The third kappa shape index (κ3) is 4.80. The quantitative estimate of drug-likeness (QED) is 0.564. The van der Waals surface area contributed by atoms with Crippen molar-refractivity contribution in [2.24, 2.45) is 0 Å². The molecule has 3 aromatic rings. The zero-order chi connectivity index (χ0) is 19.9. The Morgan fingerprint density at radius 1 is 1.07 bits per heavy atom. The highest BCUT2D eigenvalue weighted by molar-refractivity contribution is 7.10. The molecule has 1 aromatic heterocycles. The van der Waals surface area contributed by atoms with Crippen LogP contribution in [0.5, 0.6) is 5.75 Å². The van der Waals surface area contributed by atoms with Gasteiger partial charge in [0.1, 0.15) is 5.75 Å². The second kappa shape index (κ2) is 9.53. The molecule has 4 nitrogen and oxygen atoms in total. The number of methoxy groups -OCH3 is 1. The first-order valence-electron chi connectivity index (χ1n) is 9.44. The Bertz CT molecular complexity index is 891. The van der Waals surface area contributed by atoms with E-state index < -0.39 is 0 Å². The van der Waals surface area contributed by atoms with Crippen molar-refractivity contribution >= 4 is 22.9 Å². The number of anilines is 1. The second-order valence-corrected chi connectivity index (χ2v) is 7.60. The summed E-state index contributed by atoms with van der Waals surface area (Å²) in [6.07, 6.45) is 1.01.